The van der Waals surface area contributed by atoms with Crippen LogP contribution in [0.1, 0.15) is 19.8 Å². The van der Waals surface area contributed by atoms with Gasteiger partial charge in [0.25, 0.3) is 0 Å². The fourth-order valence-electron chi connectivity index (χ4n) is 2.77. The van der Waals surface area contributed by atoms with Gasteiger partial charge in [-0.3, -0.25) is 9.59 Å². The van der Waals surface area contributed by atoms with E-state index in [0.717, 1.165) is 6.42 Å². The predicted molar refractivity (Wildman–Crippen MR) is 75.8 cm³/mol. The average Bonchev–Trinajstić information content (AvgIpc) is 2.90. The monoisotopic (exact) mass is 294 g/mol. The number of rotatable bonds is 2. The summed E-state index contributed by atoms with van der Waals surface area (Å²) in [6.45, 7) is 2.01. The third-order valence-corrected chi connectivity index (χ3v) is 5.36. The van der Waals surface area contributed by atoms with Gasteiger partial charge in [0.05, 0.1) is 4.87 Å². The lowest BCUT2D eigenvalue weighted by molar-refractivity contribution is -0.135. The molecule has 106 valence electrons. The van der Waals surface area contributed by atoms with E-state index in [9.17, 15) is 14.0 Å². The van der Waals surface area contributed by atoms with E-state index in [1.54, 1.807) is 16.7 Å². The first-order valence-corrected chi connectivity index (χ1v) is 7.51. The number of fused-ring (bicyclic) bond motifs is 1. The molecule has 0 aliphatic carbocycles. The Morgan fingerprint density at radius 3 is 2.85 bits per heavy atom. The Kier molecular flexibility index (Phi) is 3.20. The van der Waals surface area contributed by atoms with Crippen LogP contribution < -0.4 is 5.32 Å². The van der Waals surface area contributed by atoms with Gasteiger partial charge in [-0.1, -0.05) is 0 Å². The van der Waals surface area contributed by atoms with Crippen molar-refractivity contribution in [1.82, 2.24) is 4.90 Å². The zero-order valence-electron chi connectivity index (χ0n) is 11.1. The van der Waals surface area contributed by atoms with E-state index < -0.39 is 6.04 Å². The van der Waals surface area contributed by atoms with Crippen LogP contribution in [0.5, 0.6) is 0 Å². The molecule has 0 bridgehead atoms. The van der Waals surface area contributed by atoms with E-state index in [1.807, 2.05) is 6.92 Å². The number of carbonyl (C=O) groups is 2. The van der Waals surface area contributed by atoms with Gasteiger partial charge in [-0.2, -0.15) is 0 Å². The summed E-state index contributed by atoms with van der Waals surface area (Å²) in [6.07, 6.45) is 1.29. The SMILES string of the molecule is C[C@@]12CCC(=O)N1[C@@H](C(=O)Nc1ccc(F)cc1)CS2. The first kappa shape index (κ1) is 13.4. The number of halogens is 1. The molecule has 0 radical (unpaired) electrons. The lowest BCUT2D eigenvalue weighted by atomic mass is 10.2. The minimum absolute atomic E-state index is 0.0387. The molecule has 2 fully saturated rings. The first-order chi connectivity index (χ1) is 9.49. The molecule has 1 aromatic rings. The Morgan fingerprint density at radius 1 is 1.45 bits per heavy atom. The van der Waals surface area contributed by atoms with Crippen molar-refractivity contribution in [3.05, 3.63) is 30.1 Å². The Labute approximate surface area is 120 Å². The zero-order valence-corrected chi connectivity index (χ0v) is 11.9. The number of hydrogen-bond donors (Lipinski definition) is 1. The number of benzene rings is 1. The highest BCUT2D eigenvalue weighted by Crippen LogP contribution is 2.47. The van der Waals surface area contributed by atoms with E-state index >= 15 is 0 Å². The Morgan fingerprint density at radius 2 is 2.15 bits per heavy atom. The van der Waals surface area contributed by atoms with E-state index in [-0.39, 0.29) is 22.5 Å². The molecular weight excluding hydrogens is 279 g/mol. The normalized spacial score (nSPS) is 28.6. The van der Waals surface area contributed by atoms with Gasteiger partial charge in [0.2, 0.25) is 11.8 Å². The molecule has 0 saturated carbocycles. The molecule has 2 heterocycles. The van der Waals surface area contributed by atoms with Crippen LogP contribution in [-0.4, -0.2) is 33.4 Å². The van der Waals surface area contributed by atoms with E-state index in [2.05, 4.69) is 5.32 Å². The van der Waals surface area contributed by atoms with Crippen LogP contribution in [0.15, 0.2) is 24.3 Å². The molecule has 20 heavy (non-hydrogen) atoms. The molecule has 1 aromatic carbocycles. The highest BCUT2D eigenvalue weighted by Gasteiger charge is 2.52. The van der Waals surface area contributed by atoms with Crippen LogP contribution in [0.4, 0.5) is 10.1 Å². The Hall–Kier alpha value is -1.56. The highest BCUT2D eigenvalue weighted by molar-refractivity contribution is 8.01. The van der Waals surface area contributed by atoms with Crippen LogP contribution in [-0.2, 0) is 9.59 Å². The molecule has 2 amide bonds. The number of hydrogen-bond acceptors (Lipinski definition) is 3. The molecule has 0 unspecified atom stereocenters. The molecule has 2 aliphatic heterocycles. The summed E-state index contributed by atoms with van der Waals surface area (Å²) in [5, 5.41) is 2.75. The molecule has 6 heteroatoms. The third-order valence-electron chi connectivity index (χ3n) is 3.86. The van der Waals surface area contributed by atoms with Gasteiger partial charge < -0.3 is 10.2 Å². The van der Waals surface area contributed by atoms with Gasteiger partial charge >= 0.3 is 0 Å². The van der Waals surface area contributed by atoms with Crippen molar-refractivity contribution in [3.63, 3.8) is 0 Å². The molecule has 3 rings (SSSR count). The van der Waals surface area contributed by atoms with Crippen molar-refractivity contribution in [2.45, 2.75) is 30.7 Å². The third kappa shape index (κ3) is 2.18. The Bertz CT molecular complexity index is 563. The van der Waals surface area contributed by atoms with Crippen LogP contribution in [0.3, 0.4) is 0 Å². The van der Waals surface area contributed by atoms with Gasteiger partial charge in [0, 0.05) is 17.9 Å². The molecular formula is C14H15FN2O2S. The number of amides is 2. The number of thioether (sulfide) groups is 1. The summed E-state index contributed by atoms with van der Waals surface area (Å²) >= 11 is 1.65. The topological polar surface area (TPSA) is 49.4 Å². The summed E-state index contributed by atoms with van der Waals surface area (Å²) in [5.41, 5.74) is 0.543. The van der Waals surface area contributed by atoms with Gasteiger partial charge in [0.15, 0.2) is 0 Å². The summed E-state index contributed by atoms with van der Waals surface area (Å²) < 4.78 is 12.8. The first-order valence-electron chi connectivity index (χ1n) is 6.52. The largest absolute Gasteiger partial charge is 0.324 e. The van der Waals surface area contributed by atoms with Crippen molar-refractivity contribution in [3.8, 4) is 0 Å². The molecule has 4 nitrogen and oxygen atoms in total. The molecule has 0 spiro atoms. The van der Waals surface area contributed by atoms with Crippen molar-refractivity contribution >= 4 is 29.3 Å². The van der Waals surface area contributed by atoms with Gasteiger partial charge in [-0.25, -0.2) is 4.39 Å². The van der Waals surface area contributed by atoms with Crippen LogP contribution >= 0.6 is 11.8 Å². The van der Waals surface area contributed by atoms with Crippen LogP contribution in [0.2, 0.25) is 0 Å². The quantitative estimate of drug-likeness (QED) is 0.910. The smallest absolute Gasteiger partial charge is 0.248 e. The molecule has 2 saturated heterocycles. The Balaban J connectivity index is 1.75. The summed E-state index contributed by atoms with van der Waals surface area (Å²) in [4.78, 5) is 25.7. The second-order valence-corrected chi connectivity index (χ2v) is 6.76. The van der Waals surface area contributed by atoms with Gasteiger partial charge in [-0.05, 0) is 37.6 Å². The van der Waals surface area contributed by atoms with Crippen molar-refractivity contribution in [1.29, 1.82) is 0 Å². The molecule has 1 N–H and O–H groups in total. The van der Waals surface area contributed by atoms with Crippen molar-refractivity contribution in [2.24, 2.45) is 0 Å². The lowest BCUT2D eigenvalue weighted by Crippen LogP contribution is -2.48. The maximum atomic E-state index is 12.8. The van der Waals surface area contributed by atoms with Crippen LogP contribution in [0, 0.1) is 5.82 Å². The maximum absolute atomic E-state index is 12.8. The van der Waals surface area contributed by atoms with Crippen LogP contribution in [0.25, 0.3) is 0 Å². The molecule has 0 aromatic heterocycles. The fourth-order valence-corrected chi connectivity index (χ4v) is 4.21. The summed E-state index contributed by atoms with van der Waals surface area (Å²) in [7, 11) is 0. The van der Waals surface area contributed by atoms with Crippen molar-refractivity contribution < 1.29 is 14.0 Å². The minimum atomic E-state index is -0.440. The fraction of sp³-hybridized carbons (Fsp3) is 0.429. The number of nitrogens with one attached hydrogen (secondary N) is 1. The number of nitrogens with zero attached hydrogens (tertiary/aromatic N) is 1. The van der Waals surface area contributed by atoms with E-state index in [4.69, 9.17) is 0 Å². The predicted octanol–water partition coefficient (Wildman–Crippen LogP) is 2.22. The average molecular weight is 294 g/mol. The van der Waals surface area contributed by atoms with E-state index in [0.29, 0.717) is 17.9 Å². The zero-order chi connectivity index (χ0) is 14.3. The maximum Gasteiger partial charge on any atom is 0.248 e. The van der Waals surface area contributed by atoms with Gasteiger partial charge in [0.1, 0.15) is 11.9 Å². The molecule has 2 aliphatic rings. The lowest BCUT2D eigenvalue weighted by Gasteiger charge is -2.29. The summed E-state index contributed by atoms with van der Waals surface area (Å²) in [5.74, 6) is 0.0940. The number of anilines is 1. The summed E-state index contributed by atoms with van der Waals surface area (Å²) in [6, 6.07) is 5.18. The van der Waals surface area contributed by atoms with Gasteiger partial charge in [-0.15, -0.1) is 11.8 Å². The minimum Gasteiger partial charge on any atom is -0.324 e. The van der Waals surface area contributed by atoms with Crippen molar-refractivity contribution in [2.75, 3.05) is 11.1 Å². The molecule has 2 atom stereocenters. The van der Waals surface area contributed by atoms with E-state index in [1.165, 1.54) is 24.3 Å². The number of carbonyl (C=O) groups excluding carboxylic acids is 2. The second kappa shape index (κ2) is 4.77. The standard InChI is InChI=1S/C14H15FN2O2S/c1-14-7-6-12(18)17(14)11(8-20-14)13(19)16-10-4-2-9(15)3-5-10/h2-5,11H,6-8H2,1H3,(H,16,19)/t11-,14-/m1/s1. The highest BCUT2D eigenvalue weighted by atomic mass is 32.2. The second-order valence-electron chi connectivity index (χ2n) is 5.26.